The standard InChI is InChI=1S/C16H20F3NO2/c1-15(2,3)22-14(21)20-11-5-4-6-12-7-9-13(10-8-12)16(17,18)19/h4,6-10H,5,11H2,1-3H3,(H,20,21). The molecule has 0 aromatic heterocycles. The lowest BCUT2D eigenvalue weighted by Gasteiger charge is -2.19. The fraction of sp³-hybridized carbons (Fsp3) is 0.438. The molecule has 22 heavy (non-hydrogen) atoms. The fourth-order valence-electron chi connectivity index (χ4n) is 1.57. The van der Waals surface area contributed by atoms with Gasteiger partial charge in [0.05, 0.1) is 5.56 Å². The van der Waals surface area contributed by atoms with E-state index in [2.05, 4.69) is 5.32 Å². The second-order valence-corrected chi connectivity index (χ2v) is 5.74. The summed E-state index contributed by atoms with van der Waals surface area (Å²) in [6.45, 7) is 5.72. The third-order valence-corrected chi connectivity index (χ3v) is 2.53. The lowest BCUT2D eigenvalue weighted by Crippen LogP contribution is -2.32. The quantitative estimate of drug-likeness (QED) is 0.822. The van der Waals surface area contributed by atoms with E-state index in [1.807, 2.05) is 0 Å². The first kappa shape index (κ1) is 18.1. The molecule has 1 rings (SSSR count). The molecule has 0 radical (unpaired) electrons. The number of ether oxygens (including phenoxy) is 1. The van der Waals surface area contributed by atoms with Crippen LogP contribution in [0.5, 0.6) is 0 Å². The highest BCUT2D eigenvalue weighted by Crippen LogP contribution is 2.29. The van der Waals surface area contributed by atoms with Crippen LogP contribution in [0.25, 0.3) is 6.08 Å². The molecule has 122 valence electrons. The molecule has 0 atom stereocenters. The second kappa shape index (κ2) is 7.33. The summed E-state index contributed by atoms with van der Waals surface area (Å²) in [5.41, 5.74) is -0.540. The highest BCUT2D eigenvalue weighted by molar-refractivity contribution is 5.67. The van der Waals surface area contributed by atoms with Crippen molar-refractivity contribution in [3.8, 4) is 0 Å². The van der Waals surface area contributed by atoms with Gasteiger partial charge in [0.25, 0.3) is 0 Å². The maximum atomic E-state index is 12.4. The lowest BCUT2D eigenvalue weighted by molar-refractivity contribution is -0.137. The molecule has 0 spiro atoms. The van der Waals surface area contributed by atoms with Crippen molar-refractivity contribution < 1.29 is 22.7 Å². The molecule has 0 aliphatic rings. The lowest BCUT2D eigenvalue weighted by atomic mass is 10.1. The van der Waals surface area contributed by atoms with E-state index < -0.39 is 23.4 Å². The summed E-state index contributed by atoms with van der Waals surface area (Å²) in [5.74, 6) is 0. The molecule has 0 saturated heterocycles. The minimum atomic E-state index is -4.32. The summed E-state index contributed by atoms with van der Waals surface area (Å²) in [7, 11) is 0. The third-order valence-electron chi connectivity index (χ3n) is 2.53. The number of alkyl carbamates (subject to hydrolysis) is 1. The number of hydrogen-bond donors (Lipinski definition) is 1. The molecule has 0 bridgehead atoms. The van der Waals surface area contributed by atoms with Gasteiger partial charge in [-0.1, -0.05) is 24.3 Å². The van der Waals surface area contributed by atoms with Gasteiger partial charge in [0.1, 0.15) is 5.60 Å². The molecule has 0 aliphatic heterocycles. The second-order valence-electron chi connectivity index (χ2n) is 5.74. The third kappa shape index (κ3) is 7.15. The first-order chi connectivity index (χ1) is 10.1. The van der Waals surface area contributed by atoms with Crippen LogP contribution >= 0.6 is 0 Å². The van der Waals surface area contributed by atoms with Crippen molar-refractivity contribution in [1.29, 1.82) is 0 Å². The van der Waals surface area contributed by atoms with Gasteiger partial charge in [-0.15, -0.1) is 0 Å². The summed E-state index contributed by atoms with van der Waals surface area (Å²) in [5, 5.41) is 2.59. The van der Waals surface area contributed by atoms with Gasteiger partial charge in [-0.2, -0.15) is 13.2 Å². The molecule has 6 heteroatoms. The Bertz CT molecular complexity index is 514. The minimum Gasteiger partial charge on any atom is -0.444 e. The molecule has 0 fully saturated rings. The van der Waals surface area contributed by atoms with Gasteiger partial charge in [0.15, 0.2) is 0 Å². The van der Waals surface area contributed by atoms with Gasteiger partial charge in [0, 0.05) is 6.54 Å². The van der Waals surface area contributed by atoms with Crippen LogP contribution in [0.4, 0.5) is 18.0 Å². The summed E-state index contributed by atoms with van der Waals surface area (Å²) < 4.78 is 42.3. The summed E-state index contributed by atoms with van der Waals surface area (Å²) >= 11 is 0. The zero-order valence-electron chi connectivity index (χ0n) is 12.8. The smallest absolute Gasteiger partial charge is 0.416 e. The van der Waals surface area contributed by atoms with Gasteiger partial charge < -0.3 is 10.1 Å². The predicted molar refractivity (Wildman–Crippen MR) is 79.3 cm³/mol. The zero-order chi connectivity index (χ0) is 16.8. The molecule has 3 nitrogen and oxygen atoms in total. The van der Waals surface area contributed by atoms with Crippen LogP contribution in [0, 0.1) is 0 Å². The molecule has 1 amide bonds. The van der Waals surface area contributed by atoms with E-state index in [4.69, 9.17) is 4.74 Å². The molecule has 0 saturated carbocycles. The van der Waals surface area contributed by atoms with Crippen LogP contribution in [0.2, 0.25) is 0 Å². The maximum absolute atomic E-state index is 12.4. The molecule has 0 unspecified atom stereocenters. The van der Waals surface area contributed by atoms with Gasteiger partial charge in [0.2, 0.25) is 0 Å². The monoisotopic (exact) mass is 315 g/mol. The van der Waals surface area contributed by atoms with Crippen molar-refractivity contribution in [1.82, 2.24) is 5.32 Å². The average Bonchev–Trinajstić information content (AvgIpc) is 2.35. The SMILES string of the molecule is CC(C)(C)OC(=O)NCCC=Cc1ccc(C(F)(F)F)cc1. The molecule has 1 N–H and O–H groups in total. The number of benzene rings is 1. The molecule has 1 aromatic carbocycles. The topological polar surface area (TPSA) is 38.3 Å². The average molecular weight is 315 g/mol. The normalized spacial score (nSPS) is 12.5. The number of rotatable bonds is 4. The van der Waals surface area contributed by atoms with Crippen LogP contribution in [0.3, 0.4) is 0 Å². The Balaban J connectivity index is 2.36. The molecule has 0 heterocycles. The van der Waals surface area contributed by atoms with E-state index in [0.717, 1.165) is 12.1 Å². The number of hydrogen-bond acceptors (Lipinski definition) is 2. The first-order valence-electron chi connectivity index (χ1n) is 6.88. The van der Waals surface area contributed by atoms with Crippen LogP contribution < -0.4 is 5.32 Å². The van der Waals surface area contributed by atoms with Crippen molar-refractivity contribution in [2.24, 2.45) is 0 Å². The highest BCUT2D eigenvalue weighted by Gasteiger charge is 2.29. The maximum Gasteiger partial charge on any atom is 0.416 e. The van der Waals surface area contributed by atoms with E-state index in [-0.39, 0.29) is 0 Å². The Labute approximate surface area is 128 Å². The number of alkyl halides is 3. The number of halogens is 3. The molecular formula is C16H20F3NO2. The summed E-state index contributed by atoms with van der Waals surface area (Å²) in [6.07, 6.45) is -0.771. The van der Waals surface area contributed by atoms with Crippen LogP contribution in [-0.4, -0.2) is 18.2 Å². The number of carbonyl (C=O) groups excluding carboxylic acids is 1. The fourth-order valence-corrected chi connectivity index (χ4v) is 1.57. The number of carbonyl (C=O) groups is 1. The Morgan fingerprint density at radius 3 is 2.27 bits per heavy atom. The molecule has 1 aromatic rings. The minimum absolute atomic E-state index is 0.395. The van der Waals surface area contributed by atoms with E-state index in [0.29, 0.717) is 18.5 Å². The largest absolute Gasteiger partial charge is 0.444 e. The van der Waals surface area contributed by atoms with E-state index >= 15 is 0 Å². The Morgan fingerprint density at radius 2 is 1.77 bits per heavy atom. The van der Waals surface area contributed by atoms with Gasteiger partial charge in [-0.25, -0.2) is 4.79 Å². The van der Waals surface area contributed by atoms with E-state index in [9.17, 15) is 18.0 Å². The van der Waals surface area contributed by atoms with Crippen molar-refractivity contribution in [2.75, 3.05) is 6.54 Å². The summed E-state index contributed by atoms with van der Waals surface area (Å²) in [6, 6.07) is 4.89. The molecule has 0 aliphatic carbocycles. The Morgan fingerprint density at radius 1 is 1.18 bits per heavy atom. The predicted octanol–water partition coefficient (Wildman–Crippen LogP) is 4.63. The number of amides is 1. The number of nitrogens with one attached hydrogen (secondary N) is 1. The van der Waals surface area contributed by atoms with Crippen molar-refractivity contribution in [2.45, 2.75) is 39.0 Å². The van der Waals surface area contributed by atoms with Crippen LogP contribution in [0.1, 0.15) is 38.3 Å². The van der Waals surface area contributed by atoms with E-state index in [1.54, 1.807) is 32.9 Å². The van der Waals surface area contributed by atoms with Gasteiger partial charge >= 0.3 is 12.3 Å². The highest BCUT2D eigenvalue weighted by atomic mass is 19.4. The van der Waals surface area contributed by atoms with Crippen molar-refractivity contribution in [3.05, 3.63) is 41.5 Å². The van der Waals surface area contributed by atoms with Crippen LogP contribution in [0.15, 0.2) is 30.3 Å². The first-order valence-corrected chi connectivity index (χ1v) is 6.88. The molecular weight excluding hydrogens is 295 g/mol. The Hall–Kier alpha value is -1.98. The van der Waals surface area contributed by atoms with Crippen molar-refractivity contribution >= 4 is 12.2 Å². The van der Waals surface area contributed by atoms with E-state index in [1.165, 1.54) is 12.1 Å². The van der Waals surface area contributed by atoms with Crippen molar-refractivity contribution in [3.63, 3.8) is 0 Å². The Kier molecular flexibility index (Phi) is 6.02. The van der Waals surface area contributed by atoms with Gasteiger partial charge in [-0.3, -0.25) is 0 Å². The zero-order valence-corrected chi connectivity index (χ0v) is 12.8. The summed E-state index contributed by atoms with van der Waals surface area (Å²) in [4.78, 5) is 11.4. The van der Waals surface area contributed by atoms with Crippen LogP contribution in [-0.2, 0) is 10.9 Å². The van der Waals surface area contributed by atoms with Gasteiger partial charge in [-0.05, 0) is 44.9 Å².